The fourth-order valence-corrected chi connectivity index (χ4v) is 6.33. The average molecular weight is 483 g/mol. The Morgan fingerprint density at radius 2 is 1.89 bits per heavy atom. The van der Waals surface area contributed by atoms with Crippen molar-refractivity contribution in [1.29, 1.82) is 0 Å². The highest BCUT2D eigenvalue weighted by atomic mass is 19.1. The van der Waals surface area contributed by atoms with Crippen molar-refractivity contribution in [2.24, 2.45) is 11.3 Å². The van der Waals surface area contributed by atoms with Crippen LogP contribution in [0.3, 0.4) is 0 Å². The summed E-state index contributed by atoms with van der Waals surface area (Å²) < 4.78 is 21.1. The van der Waals surface area contributed by atoms with Crippen LogP contribution >= 0.6 is 0 Å². The molecule has 0 aromatic heterocycles. The number of aryl methyl sites for hydroxylation is 1. The highest BCUT2D eigenvalue weighted by Crippen LogP contribution is 2.63. The van der Waals surface area contributed by atoms with E-state index >= 15 is 0 Å². The van der Waals surface area contributed by atoms with Crippen molar-refractivity contribution in [2.75, 3.05) is 0 Å². The Morgan fingerprint density at radius 1 is 1.06 bits per heavy atom. The lowest BCUT2D eigenvalue weighted by atomic mass is 9.73. The molecule has 1 fully saturated rings. The summed E-state index contributed by atoms with van der Waals surface area (Å²) in [5, 5.41) is 9.43. The van der Waals surface area contributed by atoms with Gasteiger partial charge in [0.25, 0.3) is 0 Å². The third kappa shape index (κ3) is 3.66. The molecule has 0 heterocycles. The highest BCUT2D eigenvalue weighted by molar-refractivity contribution is 5.85. The Balaban J connectivity index is 1.30. The molecular weight excluding hydrogens is 451 g/mol. The first-order valence-corrected chi connectivity index (χ1v) is 12.8. The number of allylic oxidation sites excluding steroid dienone is 2. The van der Waals surface area contributed by atoms with E-state index in [2.05, 4.69) is 32.1 Å². The number of hydrogen-bond acceptors (Lipinski definition) is 2. The van der Waals surface area contributed by atoms with Crippen LogP contribution in [-0.4, -0.2) is 11.1 Å². The van der Waals surface area contributed by atoms with Gasteiger partial charge in [0, 0.05) is 11.0 Å². The Morgan fingerprint density at radius 3 is 2.61 bits per heavy atom. The molecule has 0 aliphatic heterocycles. The lowest BCUT2D eigenvalue weighted by Crippen LogP contribution is -2.29. The number of carboxylic acid groups (broad SMARTS) is 1. The normalized spacial score (nSPS) is 23.1. The molecule has 3 aromatic carbocycles. The quantitative estimate of drug-likeness (QED) is 0.396. The van der Waals surface area contributed by atoms with Crippen molar-refractivity contribution >= 4 is 11.5 Å². The number of aliphatic carboxylic acids is 1. The van der Waals surface area contributed by atoms with Crippen LogP contribution < -0.4 is 4.74 Å². The van der Waals surface area contributed by atoms with Gasteiger partial charge in [0.1, 0.15) is 18.2 Å². The molecule has 0 saturated heterocycles. The largest absolute Gasteiger partial charge is 0.489 e. The molecule has 2 atom stereocenters. The number of carbonyl (C=O) groups is 1. The van der Waals surface area contributed by atoms with E-state index in [4.69, 9.17) is 4.74 Å². The van der Waals surface area contributed by atoms with E-state index in [-0.39, 0.29) is 22.6 Å². The Hall–Kier alpha value is -3.40. The number of rotatable bonds is 6. The van der Waals surface area contributed by atoms with Gasteiger partial charge in [-0.3, -0.25) is 4.79 Å². The molecule has 1 spiro atoms. The van der Waals surface area contributed by atoms with Gasteiger partial charge in [-0.25, -0.2) is 4.39 Å². The molecule has 3 aliphatic carbocycles. The van der Waals surface area contributed by atoms with Crippen molar-refractivity contribution in [3.8, 4) is 16.9 Å². The summed E-state index contributed by atoms with van der Waals surface area (Å²) in [5.74, 6) is -0.410. The minimum absolute atomic E-state index is 0.0233. The Bertz CT molecular complexity index is 1430. The summed E-state index contributed by atoms with van der Waals surface area (Å²) >= 11 is 0. The maximum absolute atomic E-state index is 14.9. The summed E-state index contributed by atoms with van der Waals surface area (Å²) in [4.78, 5) is 11.5. The lowest BCUT2D eigenvalue weighted by molar-refractivity contribution is -0.139. The molecule has 0 bridgehead atoms. The summed E-state index contributed by atoms with van der Waals surface area (Å²) in [6.45, 7) is 6.89. The zero-order valence-electron chi connectivity index (χ0n) is 21.0. The molecule has 0 amide bonds. The summed E-state index contributed by atoms with van der Waals surface area (Å²) in [6.07, 6.45) is 5.97. The van der Waals surface area contributed by atoms with Gasteiger partial charge < -0.3 is 9.84 Å². The predicted molar refractivity (Wildman–Crippen MR) is 139 cm³/mol. The van der Waals surface area contributed by atoms with Gasteiger partial charge in [0.2, 0.25) is 0 Å². The van der Waals surface area contributed by atoms with Crippen molar-refractivity contribution in [3.63, 3.8) is 0 Å². The van der Waals surface area contributed by atoms with Crippen molar-refractivity contribution in [1.82, 2.24) is 0 Å². The maximum Gasteiger partial charge on any atom is 0.307 e. The molecule has 0 unspecified atom stereocenters. The van der Waals surface area contributed by atoms with Crippen LogP contribution in [0, 0.1) is 24.1 Å². The fourth-order valence-electron chi connectivity index (χ4n) is 6.33. The van der Waals surface area contributed by atoms with Crippen molar-refractivity contribution in [3.05, 3.63) is 94.3 Å². The van der Waals surface area contributed by atoms with Gasteiger partial charge in [0.05, 0.1) is 5.92 Å². The van der Waals surface area contributed by atoms with Crippen LogP contribution in [0.25, 0.3) is 16.7 Å². The summed E-state index contributed by atoms with van der Waals surface area (Å²) in [5.41, 5.74) is 8.15. The molecule has 3 aromatic rings. The van der Waals surface area contributed by atoms with Gasteiger partial charge in [0.15, 0.2) is 0 Å². The van der Waals surface area contributed by atoms with Gasteiger partial charge in [-0.05, 0) is 102 Å². The summed E-state index contributed by atoms with van der Waals surface area (Å²) in [6, 6.07) is 17.5. The van der Waals surface area contributed by atoms with Gasteiger partial charge in [-0.15, -0.1) is 0 Å². The molecule has 6 rings (SSSR count). The van der Waals surface area contributed by atoms with E-state index < -0.39 is 5.97 Å². The van der Waals surface area contributed by atoms with Crippen molar-refractivity contribution < 1.29 is 19.0 Å². The van der Waals surface area contributed by atoms with E-state index in [1.807, 2.05) is 37.3 Å². The van der Waals surface area contributed by atoms with Crippen LogP contribution in [-0.2, 0) is 23.2 Å². The number of ether oxygens (including phenoxy) is 1. The first-order chi connectivity index (χ1) is 17.2. The maximum atomic E-state index is 14.9. The molecule has 1 saturated carbocycles. The molecule has 0 radical (unpaired) electrons. The minimum Gasteiger partial charge on any atom is -0.489 e. The molecular formula is C32H31FO3. The third-order valence-electron chi connectivity index (χ3n) is 8.54. The SMILES string of the molecule is Cc1ccc(F)c(-c2ccc(COc3ccc4c(c3)[C@]3(C4)C[C@H]3C(=O)O)cc2C2=CCCC2(C)C)c1. The van der Waals surface area contributed by atoms with Crippen LogP contribution in [0.5, 0.6) is 5.75 Å². The van der Waals surface area contributed by atoms with Crippen LogP contribution in [0.1, 0.15) is 60.9 Å². The number of benzene rings is 3. The monoisotopic (exact) mass is 482 g/mol. The number of halogens is 1. The molecule has 36 heavy (non-hydrogen) atoms. The van der Waals surface area contributed by atoms with Gasteiger partial charge in [-0.2, -0.15) is 0 Å². The van der Waals surface area contributed by atoms with Crippen molar-refractivity contribution in [2.45, 2.75) is 58.5 Å². The second kappa shape index (κ2) is 8.06. The Labute approximate surface area is 211 Å². The predicted octanol–water partition coefficient (Wildman–Crippen LogP) is 7.48. The molecule has 3 aliphatic rings. The van der Waals surface area contributed by atoms with Gasteiger partial charge in [-0.1, -0.05) is 49.8 Å². The third-order valence-corrected chi connectivity index (χ3v) is 8.54. The smallest absolute Gasteiger partial charge is 0.307 e. The minimum atomic E-state index is -0.700. The van der Waals surface area contributed by atoms with Crippen LogP contribution in [0.15, 0.2) is 60.7 Å². The van der Waals surface area contributed by atoms with Gasteiger partial charge >= 0.3 is 5.97 Å². The molecule has 4 heteroatoms. The molecule has 1 N–H and O–H groups in total. The number of hydrogen-bond donors (Lipinski definition) is 1. The van der Waals surface area contributed by atoms with E-state index in [1.165, 1.54) is 11.1 Å². The van der Waals surface area contributed by atoms with E-state index in [0.29, 0.717) is 12.2 Å². The van der Waals surface area contributed by atoms with Crippen LogP contribution in [0.4, 0.5) is 4.39 Å². The number of carboxylic acids is 1. The van der Waals surface area contributed by atoms with Crippen LogP contribution in [0.2, 0.25) is 0 Å². The summed E-state index contributed by atoms with van der Waals surface area (Å²) in [7, 11) is 0. The first-order valence-electron chi connectivity index (χ1n) is 12.8. The lowest BCUT2D eigenvalue weighted by Gasteiger charge is -2.31. The van der Waals surface area contributed by atoms with E-state index in [1.54, 1.807) is 12.1 Å². The zero-order valence-corrected chi connectivity index (χ0v) is 21.0. The zero-order chi connectivity index (χ0) is 25.2. The van der Waals surface area contributed by atoms with E-state index in [0.717, 1.165) is 59.3 Å². The molecule has 184 valence electrons. The average Bonchev–Trinajstić information content (AvgIpc) is 3.51. The second-order valence-electron chi connectivity index (χ2n) is 11.4. The number of fused-ring (bicyclic) bond motifs is 2. The Kier molecular flexibility index (Phi) is 5.15. The standard InChI is InChI=1S/C32H31FO3/c1-19-6-11-29(33)25(13-19)23-10-7-20(14-24(23)26-5-4-12-31(26,2)3)18-36-22-9-8-21-16-32(27(21)15-22)17-28(32)30(34)35/h5-11,13-15,28H,4,12,16-18H2,1-3H3,(H,34,35)/t28-,32-/m0/s1. The highest BCUT2D eigenvalue weighted by Gasteiger charge is 2.64. The fraction of sp³-hybridized carbons (Fsp3) is 0.344. The van der Waals surface area contributed by atoms with E-state index in [9.17, 15) is 14.3 Å². The first kappa shape index (κ1) is 23.0. The topological polar surface area (TPSA) is 46.5 Å². The molecule has 3 nitrogen and oxygen atoms in total. The second-order valence-corrected chi connectivity index (χ2v) is 11.4.